The van der Waals surface area contributed by atoms with E-state index < -0.39 is 10.0 Å². The van der Waals surface area contributed by atoms with Gasteiger partial charge in [0.25, 0.3) is 0 Å². The number of nitrogens with one attached hydrogen (secondary N) is 2. The van der Waals surface area contributed by atoms with E-state index in [2.05, 4.69) is 47.7 Å². The Morgan fingerprint density at radius 3 is 2.31 bits per heavy atom. The van der Waals surface area contributed by atoms with Crippen molar-refractivity contribution < 1.29 is 8.42 Å². The molecule has 0 fully saturated rings. The summed E-state index contributed by atoms with van der Waals surface area (Å²) in [5, 5.41) is 6.58. The first-order valence-corrected chi connectivity index (χ1v) is 11.2. The Morgan fingerprint density at radius 1 is 1.12 bits per heavy atom. The van der Waals surface area contributed by atoms with E-state index >= 15 is 0 Å². The maximum absolute atomic E-state index is 11.6. The molecule has 2 N–H and O–H groups in total. The van der Waals surface area contributed by atoms with Crippen molar-refractivity contribution in [2.45, 2.75) is 40.5 Å². The van der Waals surface area contributed by atoms with Crippen LogP contribution in [0, 0.1) is 13.8 Å². The normalized spacial score (nSPS) is 12.5. The molecule has 7 heteroatoms. The van der Waals surface area contributed by atoms with Crippen molar-refractivity contribution in [1.82, 2.24) is 14.9 Å². The van der Waals surface area contributed by atoms with Gasteiger partial charge in [-0.1, -0.05) is 36.2 Å². The number of sulfonamides is 1. The van der Waals surface area contributed by atoms with Crippen LogP contribution in [0.25, 0.3) is 0 Å². The average molecular weight is 383 g/mol. The molecule has 148 valence electrons. The van der Waals surface area contributed by atoms with Gasteiger partial charge >= 0.3 is 0 Å². The Kier molecular flexibility index (Phi) is 9.65. The first kappa shape index (κ1) is 22.4. The number of hydrogen-bond acceptors (Lipinski definition) is 3. The Morgan fingerprint density at radius 2 is 1.77 bits per heavy atom. The molecule has 0 spiro atoms. The van der Waals surface area contributed by atoms with Crippen LogP contribution in [0.5, 0.6) is 0 Å². The Balaban J connectivity index is 2.48. The van der Waals surface area contributed by atoms with Crippen LogP contribution in [0.15, 0.2) is 23.2 Å². The van der Waals surface area contributed by atoms with Gasteiger partial charge in [-0.15, -0.1) is 0 Å². The van der Waals surface area contributed by atoms with Crippen LogP contribution in [0.3, 0.4) is 0 Å². The zero-order valence-electron chi connectivity index (χ0n) is 16.8. The van der Waals surface area contributed by atoms with Crippen LogP contribution in [0.1, 0.15) is 37.0 Å². The van der Waals surface area contributed by atoms with Crippen LogP contribution < -0.4 is 10.6 Å². The molecule has 0 saturated carbocycles. The lowest BCUT2D eigenvalue weighted by molar-refractivity contribution is 0.427. The second-order valence-corrected chi connectivity index (χ2v) is 8.52. The van der Waals surface area contributed by atoms with Crippen molar-refractivity contribution in [1.29, 1.82) is 0 Å². The van der Waals surface area contributed by atoms with Crippen LogP contribution >= 0.6 is 0 Å². The summed E-state index contributed by atoms with van der Waals surface area (Å²) in [6.45, 7) is 11.3. The van der Waals surface area contributed by atoms with E-state index in [0.717, 1.165) is 25.5 Å². The fraction of sp³-hybridized carbons (Fsp3) is 0.632. The summed E-state index contributed by atoms with van der Waals surface area (Å²) >= 11 is 0. The molecule has 1 aromatic rings. The molecule has 0 amide bonds. The molecule has 0 saturated heterocycles. The monoisotopic (exact) mass is 382 g/mol. The second kappa shape index (κ2) is 11.2. The second-order valence-electron chi connectivity index (χ2n) is 6.54. The molecular weight excluding hydrogens is 348 g/mol. The van der Waals surface area contributed by atoms with Gasteiger partial charge in [0, 0.05) is 32.7 Å². The molecule has 26 heavy (non-hydrogen) atoms. The molecule has 1 rings (SSSR count). The van der Waals surface area contributed by atoms with Gasteiger partial charge in [-0.2, -0.15) is 0 Å². The highest BCUT2D eigenvalue weighted by Crippen LogP contribution is 2.09. The highest BCUT2D eigenvalue weighted by atomic mass is 32.2. The predicted molar refractivity (Wildman–Crippen MR) is 110 cm³/mol. The topological polar surface area (TPSA) is 73.8 Å². The number of aliphatic imine (C=N–C) groups is 1. The largest absolute Gasteiger partial charge is 0.357 e. The van der Waals surface area contributed by atoms with Gasteiger partial charge in [-0.05, 0) is 39.2 Å². The van der Waals surface area contributed by atoms with Crippen molar-refractivity contribution in [3.63, 3.8) is 0 Å². The Hall–Kier alpha value is -1.60. The minimum absolute atomic E-state index is 0.497. The molecule has 0 atom stereocenters. The lowest BCUT2D eigenvalue weighted by Gasteiger charge is -2.17. The first-order chi connectivity index (χ1) is 12.3. The molecule has 6 nitrogen and oxygen atoms in total. The van der Waals surface area contributed by atoms with Crippen LogP contribution in [-0.4, -0.2) is 57.7 Å². The molecule has 1 aromatic carbocycles. The maximum Gasteiger partial charge on any atom is 0.211 e. The molecule has 0 heterocycles. The highest BCUT2D eigenvalue weighted by molar-refractivity contribution is 7.88. The Bertz CT molecular complexity index is 667. The van der Waals surface area contributed by atoms with E-state index in [1.54, 1.807) is 0 Å². The molecule has 0 bridgehead atoms. The van der Waals surface area contributed by atoms with E-state index in [4.69, 9.17) is 0 Å². The van der Waals surface area contributed by atoms with Crippen LogP contribution in [0.2, 0.25) is 0 Å². The quantitative estimate of drug-likeness (QED) is 0.369. The molecule has 0 unspecified atom stereocenters. The van der Waals surface area contributed by atoms with Crippen LogP contribution in [-0.2, 0) is 16.4 Å². The molecule has 0 radical (unpaired) electrons. The lowest BCUT2D eigenvalue weighted by atomic mass is 10.1. The fourth-order valence-electron chi connectivity index (χ4n) is 2.88. The van der Waals surface area contributed by atoms with Gasteiger partial charge in [0.1, 0.15) is 0 Å². The average Bonchev–Trinajstić information content (AvgIpc) is 2.52. The third kappa shape index (κ3) is 8.67. The standard InChI is InChI=1S/C19H34N4O2S/c1-6-20-19(21-10-8-12-23(7-2)26(5,24)25)22-11-9-18-14-16(3)13-17(4)15-18/h13-15H,6-12H2,1-5H3,(H2,20,21,22). The zero-order chi connectivity index (χ0) is 19.6. The van der Waals surface area contributed by atoms with Gasteiger partial charge in [0.15, 0.2) is 5.96 Å². The minimum atomic E-state index is -3.12. The van der Waals surface area contributed by atoms with Gasteiger partial charge < -0.3 is 10.6 Å². The fourth-order valence-corrected chi connectivity index (χ4v) is 3.81. The number of hydrogen-bond donors (Lipinski definition) is 2. The van der Waals surface area contributed by atoms with E-state index in [0.29, 0.717) is 26.1 Å². The third-order valence-electron chi connectivity index (χ3n) is 3.99. The van der Waals surface area contributed by atoms with Crippen molar-refractivity contribution >= 4 is 16.0 Å². The number of aryl methyl sites for hydroxylation is 2. The van der Waals surface area contributed by atoms with E-state index in [-0.39, 0.29) is 0 Å². The van der Waals surface area contributed by atoms with E-state index in [9.17, 15) is 8.42 Å². The summed E-state index contributed by atoms with van der Waals surface area (Å²) in [6, 6.07) is 6.60. The third-order valence-corrected chi connectivity index (χ3v) is 5.37. The summed E-state index contributed by atoms with van der Waals surface area (Å²) < 4.78 is 24.6. The van der Waals surface area contributed by atoms with Gasteiger partial charge in [-0.3, -0.25) is 4.99 Å². The summed E-state index contributed by atoms with van der Waals surface area (Å²) in [5.41, 5.74) is 3.89. The van der Waals surface area contributed by atoms with Gasteiger partial charge in [0.05, 0.1) is 6.26 Å². The summed E-state index contributed by atoms with van der Waals surface area (Å²) in [4.78, 5) is 4.54. The zero-order valence-corrected chi connectivity index (χ0v) is 17.6. The summed E-state index contributed by atoms with van der Waals surface area (Å²) in [7, 11) is -3.12. The van der Waals surface area contributed by atoms with Gasteiger partial charge in [0.2, 0.25) is 10.0 Å². The minimum Gasteiger partial charge on any atom is -0.357 e. The highest BCUT2D eigenvalue weighted by Gasteiger charge is 2.12. The maximum atomic E-state index is 11.6. The molecule has 0 aromatic heterocycles. The number of guanidine groups is 1. The predicted octanol–water partition coefficient (Wildman–Crippen LogP) is 2.07. The van der Waals surface area contributed by atoms with Gasteiger partial charge in [-0.25, -0.2) is 12.7 Å². The lowest BCUT2D eigenvalue weighted by Crippen LogP contribution is -2.38. The number of nitrogens with zero attached hydrogens (tertiary/aromatic N) is 2. The smallest absolute Gasteiger partial charge is 0.211 e. The van der Waals surface area contributed by atoms with E-state index in [1.807, 2.05) is 13.8 Å². The molecule has 0 aliphatic carbocycles. The van der Waals surface area contributed by atoms with Crippen molar-refractivity contribution in [2.75, 3.05) is 39.0 Å². The number of benzene rings is 1. The molecule has 0 aliphatic rings. The van der Waals surface area contributed by atoms with E-state index in [1.165, 1.54) is 27.3 Å². The van der Waals surface area contributed by atoms with Crippen LogP contribution in [0.4, 0.5) is 0 Å². The first-order valence-electron chi connectivity index (χ1n) is 9.30. The SMILES string of the molecule is CCNC(=NCCCN(CC)S(C)(=O)=O)NCCc1cc(C)cc(C)c1. The Labute approximate surface area is 159 Å². The number of rotatable bonds is 10. The van der Waals surface area contributed by atoms with Crippen molar-refractivity contribution in [2.24, 2.45) is 4.99 Å². The summed E-state index contributed by atoms with van der Waals surface area (Å²) in [5.74, 6) is 0.777. The van der Waals surface area contributed by atoms with Crippen molar-refractivity contribution in [3.8, 4) is 0 Å². The van der Waals surface area contributed by atoms with Crippen molar-refractivity contribution in [3.05, 3.63) is 34.9 Å². The summed E-state index contributed by atoms with van der Waals surface area (Å²) in [6.07, 6.45) is 2.89. The molecule has 0 aliphatic heterocycles. The molecular formula is C19H34N4O2S.